The minimum atomic E-state index is -3.38. The van der Waals surface area contributed by atoms with Crippen LogP contribution in [0.25, 0.3) is 0 Å². The highest BCUT2D eigenvalue weighted by Crippen LogP contribution is 2.22. The number of hydrogen-bond donors (Lipinski definition) is 0. The SMILES string of the molecule is CCc1nc(CC(=O)N2CCCC(S(=O)(=O)N3CCOCC3)C2)cs1. The lowest BCUT2D eigenvalue weighted by atomic mass is 10.1. The van der Waals surface area contributed by atoms with Gasteiger partial charge in [0.05, 0.1) is 35.6 Å². The number of thiazole rings is 1. The highest BCUT2D eigenvalue weighted by molar-refractivity contribution is 7.89. The molecule has 140 valence electrons. The second-order valence-corrected chi connectivity index (χ2v) is 9.58. The zero-order chi connectivity index (χ0) is 17.9. The molecule has 1 unspecified atom stereocenters. The number of ether oxygens (including phenoxy) is 1. The summed E-state index contributed by atoms with van der Waals surface area (Å²) < 4.78 is 32.4. The van der Waals surface area contributed by atoms with Gasteiger partial charge in [-0.1, -0.05) is 6.92 Å². The van der Waals surface area contributed by atoms with E-state index in [0.717, 1.165) is 23.5 Å². The number of carbonyl (C=O) groups excluding carboxylic acids is 1. The van der Waals surface area contributed by atoms with Gasteiger partial charge in [-0.2, -0.15) is 4.31 Å². The monoisotopic (exact) mass is 387 g/mol. The molecule has 2 saturated heterocycles. The van der Waals surface area contributed by atoms with Crippen LogP contribution in [0.5, 0.6) is 0 Å². The molecule has 3 rings (SSSR count). The van der Waals surface area contributed by atoms with Gasteiger partial charge in [0.2, 0.25) is 15.9 Å². The summed E-state index contributed by atoms with van der Waals surface area (Å²) in [5, 5.41) is 2.43. The molecule has 0 bridgehead atoms. The molecule has 3 heterocycles. The van der Waals surface area contributed by atoms with E-state index in [4.69, 9.17) is 4.74 Å². The van der Waals surface area contributed by atoms with Crippen molar-refractivity contribution >= 4 is 27.3 Å². The van der Waals surface area contributed by atoms with Crippen LogP contribution in [0.4, 0.5) is 0 Å². The number of likely N-dealkylation sites (tertiary alicyclic amines) is 1. The maximum Gasteiger partial charge on any atom is 0.228 e. The number of hydrogen-bond acceptors (Lipinski definition) is 6. The molecule has 1 atom stereocenters. The third-order valence-corrected chi connectivity index (χ3v) is 8.07. The molecule has 0 aromatic carbocycles. The molecule has 0 radical (unpaired) electrons. The standard InChI is InChI=1S/C16H25N3O4S2/c1-2-15-17-13(12-24-15)10-16(20)18-5-3-4-14(11-18)25(21,22)19-6-8-23-9-7-19/h12,14H,2-11H2,1H3. The van der Waals surface area contributed by atoms with Crippen LogP contribution in [-0.4, -0.2) is 73.2 Å². The molecule has 25 heavy (non-hydrogen) atoms. The van der Waals surface area contributed by atoms with E-state index >= 15 is 0 Å². The molecule has 2 fully saturated rings. The van der Waals surface area contributed by atoms with E-state index in [1.807, 2.05) is 12.3 Å². The maximum absolute atomic E-state index is 12.8. The van der Waals surface area contributed by atoms with Crippen molar-refractivity contribution in [2.24, 2.45) is 0 Å². The van der Waals surface area contributed by atoms with E-state index in [9.17, 15) is 13.2 Å². The fourth-order valence-corrected chi connectivity index (χ4v) is 5.94. The lowest BCUT2D eigenvalue weighted by molar-refractivity contribution is -0.131. The first kappa shape index (κ1) is 18.8. The number of amides is 1. The first-order chi connectivity index (χ1) is 12.0. The minimum Gasteiger partial charge on any atom is -0.379 e. The molecule has 0 N–H and O–H groups in total. The van der Waals surface area contributed by atoms with Gasteiger partial charge in [0, 0.05) is 31.6 Å². The predicted molar refractivity (Wildman–Crippen MR) is 96.1 cm³/mol. The number of rotatable bonds is 5. The zero-order valence-electron chi connectivity index (χ0n) is 14.5. The molecule has 1 aromatic heterocycles. The van der Waals surface area contributed by atoms with Crippen LogP contribution in [0.1, 0.15) is 30.5 Å². The highest BCUT2D eigenvalue weighted by Gasteiger charge is 2.37. The van der Waals surface area contributed by atoms with Crippen molar-refractivity contribution in [3.8, 4) is 0 Å². The van der Waals surface area contributed by atoms with Crippen molar-refractivity contribution in [1.82, 2.24) is 14.2 Å². The molecule has 0 saturated carbocycles. The maximum atomic E-state index is 12.8. The molecular weight excluding hydrogens is 362 g/mol. The average molecular weight is 388 g/mol. The largest absolute Gasteiger partial charge is 0.379 e. The summed E-state index contributed by atoms with van der Waals surface area (Å²) in [7, 11) is -3.38. The van der Waals surface area contributed by atoms with Gasteiger partial charge in [0.1, 0.15) is 0 Å². The van der Waals surface area contributed by atoms with Crippen LogP contribution in [0.2, 0.25) is 0 Å². The summed E-state index contributed by atoms with van der Waals surface area (Å²) in [5.74, 6) is -0.0326. The fraction of sp³-hybridized carbons (Fsp3) is 0.750. The Kier molecular flexibility index (Phi) is 6.08. The number of sulfonamides is 1. The quantitative estimate of drug-likeness (QED) is 0.750. The Morgan fingerprint density at radius 1 is 1.36 bits per heavy atom. The molecule has 9 heteroatoms. The van der Waals surface area contributed by atoms with Crippen LogP contribution >= 0.6 is 11.3 Å². The summed E-state index contributed by atoms with van der Waals surface area (Å²) in [6.45, 7) is 4.64. The second kappa shape index (κ2) is 8.11. The highest BCUT2D eigenvalue weighted by atomic mass is 32.2. The average Bonchev–Trinajstić information content (AvgIpc) is 3.10. The summed E-state index contributed by atoms with van der Waals surface area (Å²) in [6, 6.07) is 0. The molecule has 7 nitrogen and oxygen atoms in total. The van der Waals surface area contributed by atoms with Gasteiger partial charge in [0.25, 0.3) is 0 Å². The van der Waals surface area contributed by atoms with Crippen LogP contribution < -0.4 is 0 Å². The summed E-state index contributed by atoms with van der Waals surface area (Å²) >= 11 is 1.57. The molecule has 1 aromatic rings. The molecule has 0 spiro atoms. The number of aryl methyl sites for hydroxylation is 1. The summed E-state index contributed by atoms with van der Waals surface area (Å²) in [5.41, 5.74) is 0.782. The Hall–Kier alpha value is -1.03. The van der Waals surface area contributed by atoms with Gasteiger partial charge in [-0.3, -0.25) is 4.79 Å². The molecule has 1 amide bonds. The number of morpholine rings is 1. The lowest BCUT2D eigenvalue weighted by Crippen LogP contribution is -2.52. The topological polar surface area (TPSA) is 79.8 Å². The van der Waals surface area contributed by atoms with Crippen LogP contribution in [0, 0.1) is 0 Å². The van der Waals surface area contributed by atoms with E-state index in [2.05, 4.69) is 4.98 Å². The number of piperidine rings is 1. The van der Waals surface area contributed by atoms with Crippen LogP contribution in [0.15, 0.2) is 5.38 Å². The Labute approximate surface area is 153 Å². The Morgan fingerprint density at radius 3 is 2.80 bits per heavy atom. The van der Waals surface area contributed by atoms with Gasteiger partial charge in [-0.15, -0.1) is 11.3 Å². The fourth-order valence-electron chi connectivity index (χ4n) is 3.28. The number of carbonyl (C=O) groups is 1. The van der Waals surface area contributed by atoms with Crippen LogP contribution in [0.3, 0.4) is 0 Å². The van der Waals surface area contributed by atoms with Crippen molar-refractivity contribution in [1.29, 1.82) is 0 Å². The number of aromatic nitrogens is 1. The first-order valence-electron chi connectivity index (χ1n) is 8.78. The van der Waals surface area contributed by atoms with Crippen molar-refractivity contribution in [2.75, 3.05) is 39.4 Å². The molecular formula is C16H25N3O4S2. The van der Waals surface area contributed by atoms with Crippen molar-refractivity contribution in [3.63, 3.8) is 0 Å². The Balaban J connectivity index is 1.62. The van der Waals surface area contributed by atoms with Crippen LogP contribution in [-0.2, 0) is 32.4 Å². The van der Waals surface area contributed by atoms with Crippen molar-refractivity contribution in [3.05, 3.63) is 16.1 Å². The van der Waals surface area contributed by atoms with Gasteiger partial charge in [-0.05, 0) is 19.3 Å². The lowest BCUT2D eigenvalue weighted by Gasteiger charge is -2.36. The van der Waals surface area contributed by atoms with Gasteiger partial charge in [-0.25, -0.2) is 13.4 Å². The Morgan fingerprint density at radius 2 is 2.12 bits per heavy atom. The van der Waals surface area contributed by atoms with E-state index < -0.39 is 15.3 Å². The van der Waals surface area contributed by atoms with Gasteiger partial charge in [0.15, 0.2) is 0 Å². The van der Waals surface area contributed by atoms with E-state index in [0.29, 0.717) is 39.3 Å². The normalized spacial score (nSPS) is 22.9. The third-order valence-electron chi connectivity index (χ3n) is 4.72. The molecule has 0 aliphatic carbocycles. The smallest absolute Gasteiger partial charge is 0.228 e. The van der Waals surface area contributed by atoms with Crippen molar-refractivity contribution in [2.45, 2.75) is 37.9 Å². The summed E-state index contributed by atoms with van der Waals surface area (Å²) in [4.78, 5) is 18.7. The zero-order valence-corrected chi connectivity index (χ0v) is 16.1. The minimum absolute atomic E-state index is 0.0326. The second-order valence-electron chi connectivity index (χ2n) is 6.42. The van der Waals surface area contributed by atoms with Gasteiger partial charge >= 0.3 is 0 Å². The summed E-state index contributed by atoms with van der Waals surface area (Å²) in [6.07, 6.45) is 2.45. The Bertz CT molecular complexity index is 698. The van der Waals surface area contributed by atoms with E-state index in [1.165, 1.54) is 4.31 Å². The third kappa shape index (κ3) is 4.39. The van der Waals surface area contributed by atoms with Crippen molar-refractivity contribution < 1.29 is 17.9 Å². The number of nitrogens with zero attached hydrogens (tertiary/aromatic N) is 3. The molecule has 2 aliphatic heterocycles. The van der Waals surface area contributed by atoms with E-state index in [-0.39, 0.29) is 18.9 Å². The van der Waals surface area contributed by atoms with E-state index in [1.54, 1.807) is 16.2 Å². The van der Waals surface area contributed by atoms with Gasteiger partial charge < -0.3 is 9.64 Å². The predicted octanol–water partition coefficient (Wildman–Crippen LogP) is 0.901. The first-order valence-corrected chi connectivity index (χ1v) is 11.2. The molecule has 2 aliphatic rings.